The average Bonchev–Trinajstić information content (AvgIpc) is 2.59. The molecular weight excluding hydrogens is 294 g/mol. The number of unbranched alkanes of at least 4 members (excludes halogenated alkanes) is 3. The molecule has 0 aliphatic rings. The van der Waals surface area contributed by atoms with E-state index in [9.17, 15) is 0 Å². The van der Waals surface area contributed by atoms with Crippen molar-refractivity contribution in [1.29, 1.82) is 0 Å². The first-order valence-electron chi connectivity index (χ1n) is 8.94. The number of hydrogen-bond donors (Lipinski definition) is 0. The highest BCUT2D eigenvalue weighted by molar-refractivity contribution is 6.05. The molecular formula is C22H27NO. The topological polar surface area (TPSA) is 12.5 Å². The standard InChI is InChI=1S/C22H27NO/c1-23(2)15-9-3-4-10-16-24-22-20-13-7-5-11-18(20)17-19-12-6-8-14-21(19)22/h5-8,11-14,17H,3-4,9-10,15-16H2,1-2H3. The van der Waals surface area contributed by atoms with E-state index in [0.717, 1.165) is 18.8 Å². The van der Waals surface area contributed by atoms with Gasteiger partial charge < -0.3 is 9.64 Å². The van der Waals surface area contributed by atoms with Crippen molar-refractivity contribution in [3.63, 3.8) is 0 Å². The van der Waals surface area contributed by atoms with Crippen molar-refractivity contribution in [3.8, 4) is 5.75 Å². The number of nitrogens with zero attached hydrogens (tertiary/aromatic N) is 1. The highest BCUT2D eigenvalue weighted by Gasteiger charge is 2.08. The molecule has 0 aliphatic carbocycles. The van der Waals surface area contributed by atoms with Crippen LogP contribution < -0.4 is 4.74 Å². The van der Waals surface area contributed by atoms with E-state index < -0.39 is 0 Å². The number of rotatable bonds is 8. The van der Waals surface area contributed by atoms with E-state index >= 15 is 0 Å². The van der Waals surface area contributed by atoms with Gasteiger partial charge >= 0.3 is 0 Å². The quantitative estimate of drug-likeness (QED) is 0.401. The normalized spacial score (nSPS) is 11.5. The molecule has 2 nitrogen and oxygen atoms in total. The first-order chi connectivity index (χ1) is 11.8. The lowest BCUT2D eigenvalue weighted by atomic mass is 10.0. The SMILES string of the molecule is CN(C)CCCCCCOc1c2ccccc2cc2ccccc12. The molecule has 3 rings (SSSR count). The maximum absolute atomic E-state index is 6.25. The van der Waals surface area contributed by atoms with E-state index in [1.807, 2.05) is 0 Å². The van der Waals surface area contributed by atoms with Gasteiger partial charge in [0.15, 0.2) is 0 Å². The van der Waals surface area contributed by atoms with Crippen molar-refractivity contribution in [1.82, 2.24) is 4.90 Å². The van der Waals surface area contributed by atoms with Crippen LogP contribution in [0.25, 0.3) is 21.5 Å². The molecule has 0 amide bonds. The summed E-state index contributed by atoms with van der Waals surface area (Å²) >= 11 is 0. The second-order valence-electron chi connectivity index (χ2n) is 6.71. The minimum Gasteiger partial charge on any atom is -0.492 e. The zero-order valence-electron chi connectivity index (χ0n) is 14.8. The third-order valence-corrected chi connectivity index (χ3v) is 4.47. The highest BCUT2D eigenvalue weighted by Crippen LogP contribution is 2.34. The number of benzene rings is 3. The lowest BCUT2D eigenvalue weighted by Gasteiger charge is -2.13. The number of fused-ring (bicyclic) bond motifs is 2. The molecule has 126 valence electrons. The van der Waals surface area contributed by atoms with Gasteiger partial charge in [-0.25, -0.2) is 0 Å². The van der Waals surface area contributed by atoms with Gasteiger partial charge in [-0.2, -0.15) is 0 Å². The van der Waals surface area contributed by atoms with Gasteiger partial charge in [0.25, 0.3) is 0 Å². The molecule has 0 bridgehead atoms. The summed E-state index contributed by atoms with van der Waals surface area (Å²) in [5, 5.41) is 4.92. The number of ether oxygens (including phenoxy) is 1. The summed E-state index contributed by atoms with van der Waals surface area (Å²) in [6.07, 6.45) is 4.89. The van der Waals surface area contributed by atoms with Gasteiger partial charge in [0.05, 0.1) is 6.61 Å². The van der Waals surface area contributed by atoms with Crippen molar-refractivity contribution >= 4 is 21.5 Å². The molecule has 0 saturated carbocycles. The lowest BCUT2D eigenvalue weighted by Crippen LogP contribution is -2.12. The monoisotopic (exact) mass is 321 g/mol. The molecule has 0 radical (unpaired) electrons. The first kappa shape index (κ1) is 16.8. The van der Waals surface area contributed by atoms with Crippen molar-refractivity contribution < 1.29 is 4.74 Å². The van der Waals surface area contributed by atoms with E-state index in [4.69, 9.17) is 4.74 Å². The van der Waals surface area contributed by atoms with E-state index in [-0.39, 0.29) is 0 Å². The largest absolute Gasteiger partial charge is 0.492 e. The van der Waals surface area contributed by atoms with Crippen molar-refractivity contribution in [3.05, 3.63) is 54.6 Å². The first-order valence-corrected chi connectivity index (χ1v) is 8.94. The zero-order valence-corrected chi connectivity index (χ0v) is 14.8. The molecule has 2 heteroatoms. The molecule has 0 atom stereocenters. The van der Waals surface area contributed by atoms with Crippen LogP contribution in [0.2, 0.25) is 0 Å². The Labute approximate surface area is 145 Å². The third kappa shape index (κ3) is 4.07. The van der Waals surface area contributed by atoms with Gasteiger partial charge in [-0.05, 0) is 50.3 Å². The minimum absolute atomic E-state index is 0.792. The van der Waals surface area contributed by atoms with Crippen LogP contribution in [0.5, 0.6) is 5.75 Å². The summed E-state index contributed by atoms with van der Waals surface area (Å²) in [5.41, 5.74) is 0. The van der Waals surface area contributed by atoms with E-state index in [0.29, 0.717) is 0 Å². The average molecular weight is 321 g/mol. The van der Waals surface area contributed by atoms with E-state index in [2.05, 4.69) is 73.6 Å². The Morgan fingerprint density at radius 2 is 1.33 bits per heavy atom. The second-order valence-corrected chi connectivity index (χ2v) is 6.71. The van der Waals surface area contributed by atoms with Gasteiger partial charge in [-0.3, -0.25) is 0 Å². The van der Waals surface area contributed by atoms with Crippen LogP contribution in [0.1, 0.15) is 25.7 Å². The summed E-state index contributed by atoms with van der Waals surface area (Å²) in [5.74, 6) is 1.04. The zero-order chi connectivity index (χ0) is 16.8. The molecule has 0 fully saturated rings. The summed E-state index contributed by atoms with van der Waals surface area (Å²) in [4.78, 5) is 2.25. The second kappa shape index (κ2) is 8.16. The minimum atomic E-state index is 0.792. The van der Waals surface area contributed by atoms with Crippen LogP contribution in [0.4, 0.5) is 0 Å². The molecule has 0 unspecified atom stereocenters. The highest BCUT2D eigenvalue weighted by atomic mass is 16.5. The fraction of sp³-hybridized carbons (Fsp3) is 0.364. The Morgan fingerprint density at radius 1 is 0.750 bits per heavy atom. The Morgan fingerprint density at radius 3 is 1.96 bits per heavy atom. The van der Waals surface area contributed by atoms with Gasteiger partial charge in [-0.15, -0.1) is 0 Å². The Hall–Kier alpha value is -2.06. The molecule has 0 spiro atoms. The van der Waals surface area contributed by atoms with Crippen LogP contribution >= 0.6 is 0 Å². The molecule has 0 aliphatic heterocycles. The van der Waals surface area contributed by atoms with Crippen LogP contribution in [0.15, 0.2) is 54.6 Å². The van der Waals surface area contributed by atoms with Crippen molar-refractivity contribution in [2.45, 2.75) is 25.7 Å². The van der Waals surface area contributed by atoms with Gasteiger partial charge in [0.1, 0.15) is 5.75 Å². The van der Waals surface area contributed by atoms with E-state index in [1.54, 1.807) is 0 Å². The molecule has 24 heavy (non-hydrogen) atoms. The van der Waals surface area contributed by atoms with Crippen LogP contribution in [-0.4, -0.2) is 32.1 Å². The predicted molar refractivity (Wildman–Crippen MR) is 104 cm³/mol. The van der Waals surface area contributed by atoms with Crippen LogP contribution in [-0.2, 0) is 0 Å². The number of hydrogen-bond acceptors (Lipinski definition) is 2. The predicted octanol–water partition coefficient (Wildman–Crippen LogP) is 5.49. The lowest BCUT2D eigenvalue weighted by molar-refractivity contribution is 0.308. The fourth-order valence-electron chi connectivity index (χ4n) is 3.19. The fourth-order valence-corrected chi connectivity index (χ4v) is 3.19. The van der Waals surface area contributed by atoms with Crippen molar-refractivity contribution in [2.24, 2.45) is 0 Å². The maximum Gasteiger partial charge on any atom is 0.134 e. The molecule has 0 saturated heterocycles. The summed E-state index contributed by atoms with van der Waals surface area (Å²) in [6, 6.07) is 19.3. The molecule has 3 aromatic carbocycles. The van der Waals surface area contributed by atoms with Crippen molar-refractivity contribution in [2.75, 3.05) is 27.2 Å². The molecule has 0 aromatic heterocycles. The van der Waals surface area contributed by atoms with Crippen LogP contribution in [0.3, 0.4) is 0 Å². The van der Waals surface area contributed by atoms with Gasteiger partial charge in [0, 0.05) is 10.8 Å². The maximum atomic E-state index is 6.25. The Bertz CT molecular complexity index is 740. The summed E-state index contributed by atoms with van der Waals surface area (Å²) in [7, 11) is 4.27. The van der Waals surface area contributed by atoms with E-state index in [1.165, 1.54) is 47.4 Å². The molecule has 3 aromatic rings. The van der Waals surface area contributed by atoms with Crippen LogP contribution in [0, 0.1) is 0 Å². The molecule has 0 heterocycles. The van der Waals surface area contributed by atoms with Gasteiger partial charge in [0.2, 0.25) is 0 Å². The molecule has 0 N–H and O–H groups in total. The Kier molecular flexibility index (Phi) is 5.71. The third-order valence-electron chi connectivity index (χ3n) is 4.47. The van der Waals surface area contributed by atoms with Gasteiger partial charge in [-0.1, -0.05) is 61.4 Å². The smallest absolute Gasteiger partial charge is 0.134 e. The Balaban J connectivity index is 1.68. The summed E-state index contributed by atoms with van der Waals surface area (Å²) in [6.45, 7) is 1.97. The summed E-state index contributed by atoms with van der Waals surface area (Å²) < 4.78 is 6.25.